The molecule has 1 atom stereocenters. The Balaban J connectivity index is 2.04. The van der Waals surface area contributed by atoms with Crippen LogP contribution in [0.2, 0.25) is 0 Å². The van der Waals surface area contributed by atoms with Gasteiger partial charge in [0, 0.05) is 36.9 Å². The topological polar surface area (TPSA) is 92.1 Å². The van der Waals surface area contributed by atoms with Gasteiger partial charge in [-0.1, -0.05) is 0 Å². The number of aromatic nitrogens is 2. The van der Waals surface area contributed by atoms with E-state index in [-0.39, 0.29) is 10.9 Å². The molecule has 1 aliphatic rings. The van der Waals surface area contributed by atoms with Crippen molar-refractivity contribution >= 4 is 21.1 Å². The predicted octanol–water partition coefficient (Wildman–Crippen LogP) is 0.675. The Bertz CT molecular complexity index is 695. The van der Waals surface area contributed by atoms with Crippen LogP contribution in [0.15, 0.2) is 29.4 Å². The van der Waals surface area contributed by atoms with Crippen molar-refractivity contribution in [3.05, 3.63) is 24.5 Å². The largest absolute Gasteiger partial charge is 0.345 e. The van der Waals surface area contributed by atoms with Crippen molar-refractivity contribution < 1.29 is 8.42 Å². The molecule has 0 spiro atoms. The number of pyridine rings is 1. The summed E-state index contributed by atoms with van der Waals surface area (Å²) in [5.74, 6) is 0. The van der Waals surface area contributed by atoms with Crippen LogP contribution in [-0.4, -0.2) is 41.8 Å². The maximum absolute atomic E-state index is 12.6. The third-order valence-electron chi connectivity index (χ3n) is 3.45. The highest BCUT2D eigenvalue weighted by Gasteiger charge is 2.30. The molecule has 1 aliphatic heterocycles. The van der Waals surface area contributed by atoms with E-state index in [4.69, 9.17) is 5.73 Å². The van der Waals surface area contributed by atoms with Gasteiger partial charge in [0.1, 0.15) is 10.5 Å². The number of rotatable bonds is 2. The summed E-state index contributed by atoms with van der Waals surface area (Å²) in [6.07, 6.45) is 4.82. The Labute approximate surface area is 111 Å². The number of hydrogen-bond acceptors (Lipinski definition) is 4. The average Bonchev–Trinajstić information content (AvgIpc) is 2.83. The van der Waals surface area contributed by atoms with Crippen molar-refractivity contribution in [1.82, 2.24) is 14.3 Å². The minimum Gasteiger partial charge on any atom is -0.345 e. The van der Waals surface area contributed by atoms with E-state index in [1.165, 1.54) is 10.5 Å². The summed E-state index contributed by atoms with van der Waals surface area (Å²) >= 11 is 0. The van der Waals surface area contributed by atoms with Gasteiger partial charge >= 0.3 is 0 Å². The molecule has 6 nitrogen and oxygen atoms in total. The van der Waals surface area contributed by atoms with E-state index in [2.05, 4.69) is 9.97 Å². The lowest BCUT2D eigenvalue weighted by Crippen LogP contribution is -2.45. The predicted molar refractivity (Wildman–Crippen MR) is 72.1 cm³/mol. The van der Waals surface area contributed by atoms with Crippen LogP contribution in [0.4, 0.5) is 0 Å². The zero-order valence-electron chi connectivity index (χ0n) is 10.4. The fraction of sp³-hybridized carbons (Fsp3) is 0.417. The third kappa shape index (κ3) is 2.13. The molecule has 1 fully saturated rings. The second-order valence-electron chi connectivity index (χ2n) is 4.82. The first-order valence-corrected chi connectivity index (χ1v) is 7.71. The van der Waals surface area contributed by atoms with Gasteiger partial charge in [-0.3, -0.25) is 0 Å². The monoisotopic (exact) mass is 280 g/mol. The van der Waals surface area contributed by atoms with Crippen molar-refractivity contribution in [1.29, 1.82) is 0 Å². The third-order valence-corrected chi connectivity index (χ3v) is 5.36. The molecule has 3 rings (SSSR count). The quantitative estimate of drug-likeness (QED) is 0.846. The Morgan fingerprint density at radius 3 is 3.11 bits per heavy atom. The minimum absolute atomic E-state index is 0.0770. The molecule has 0 unspecified atom stereocenters. The van der Waals surface area contributed by atoms with Crippen molar-refractivity contribution in [2.24, 2.45) is 5.73 Å². The van der Waals surface area contributed by atoms with E-state index in [9.17, 15) is 8.42 Å². The molecule has 0 aliphatic carbocycles. The zero-order chi connectivity index (χ0) is 13.5. The number of hydrogen-bond donors (Lipinski definition) is 2. The van der Waals surface area contributed by atoms with Gasteiger partial charge in [0.05, 0.1) is 0 Å². The molecule has 0 aromatic carbocycles. The first-order valence-electron chi connectivity index (χ1n) is 6.27. The summed E-state index contributed by atoms with van der Waals surface area (Å²) in [6.45, 7) is 0.915. The van der Waals surface area contributed by atoms with Crippen molar-refractivity contribution in [2.75, 3.05) is 13.1 Å². The number of nitrogens with one attached hydrogen (secondary N) is 1. The number of sulfonamides is 1. The number of nitrogens with zero attached hydrogens (tertiary/aromatic N) is 2. The molecule has 2 aromatic heterocycles. The zero-order valence-corrected chi connectivity index (χ0v) is 11.2. The van der Waals surface area contributed by atoms with Crippen LogP contribution < -0.4 is 5.73 Å². The SMILES string of the molecule is N[C@@H]1CCCN(S(=O)(=O)c2c[nH]c3ncccc23)C1. The fourth-order valence-electron chi connectivity index (χ4n) is 2.48. The van der Waals surface area contributed by atoms with E-state index in [0.29, 0.717) is 24.1 Å². The van der Waals surface area contributed by atoms with E-state index >= 15 is 0 Å². The van der Waals surface area contributed by atoms with Crippen LogP contribution in [-0.2, 0) is 10.0 Å². The molecular formula is C12H16N4O2S. The van der Waals surface area contributed by atoms with Gasteiger partial charge < -0.3 is 10.7 Å². The molecule has 0 saturated carbocycles. The molecule has 102 valence electrons. The highest BCUT2D eigenvalue weighted by molar-refractivity contribution is 7.89. The summed E-state index contributed by atoms with van der Waals surface area (Å²) in [5, 5.41) is 0.627. The number of aromatic amines is 1. The second kappa shape index (κ2) is 4.59. The molecule has 3 N–H and O–H groups in total. The standard InChI is InChI=1S/C12H16N4O2S/c13-9-3-2-6-16(8-9)19(17,18)11-7-15-12-10(11)4-1-5-14-12/h1,4-5,7,9H,2-3,6,8,13H2,(H,14,15)/t9-/m1/s1. The van der Waals surface area contributed by atoms with Crippen LogP contribution in [0.25, 0.3) is 11.0 Å². The molecule has 0 amide bonds. The lowest BCUT2D eigenvalue weighted by Gasteiger charge is -2.29. The Hall–Kier alpha value is -1.44. The molecule has 1 saturated heterocycles. The lowest BCUT2D eigenvalue weighted by atomic mass is 10.1. The van der Waals surface area contributed by atoms with Gasteiger partial charge in [0.25, 0.3) is 0 Å². The molecule has 2 aromatic rings. The Morgan fingerprint density at radius 1 is 1.47 bits per heavy atom. The van der Waals surface area contributed by atoms with Crippen molar-refractivity contribution in [3.63, 3.8) is 0 Å². The van der Waals surface area contributed by atoms with Gasteiger partial charge in [-0.15, -0.1) is 0 Å². The van der Waals surface area contributed by atoms with E-state index in [0.717, 1.165) is 12.8 Å². The number of piperidine rings is 1. The fourth-order valence-corrected chi connectivity index (χ4v) is 4.16. The van der Waals surface area contributed by atoms with Crippen LogP contribution in [0.1, 0.15) is 12.8 Å². The molecule has 0 bridgehead atoms. The summed E-state index contributed by atoms with van der Waals surface area (Å²) in [5.41, 5.74) is 6.45. The van der Waals surface area contributed by atoms with E-state index < -0.39 is 10.0 Å². The number of fused-ring (bicyclic) bond motifs is 1. The molecule has 3 heterocycles. The van der Waals surface area contributed by atoms with E-state index in [1.54, 1.807) is 18.3 Å². The average molecular weight is 280 g/mol. The molecule has 0 radical (unpaired) electrons. The highest BCUT2D eigenvalue weighted by atomic mass is 32.2. The van der Waals surface area contributed by atoms with Crippen LogP contribution >= 0.6 is 0 Å². The van der Waals surface area contributed by atoms with Crippen LogP contribution in [0.5, 0.6) is 0 Å². The van der Waals surface area contributed by atoms with Gasteiger partial charge in [-0.25, -0.2) is 13.4 Å². The maximum atomic E-state index is 12.6. The first kappa shape index (κ1) is 12.6. The lowest BCUT2D eigenvalue weighted by molar-refractivity contribution is 0.316. The summed E-state index contributed by atoms with van der Waals surface area (Å²) in [6, 6.07) is 3.42. The van der Waals surface area contributed by atoms with Gasteiger partial charge in [0.15, 0.2) is 0 Å². The van der Waals surface area contributed by atoms with Gasteiger partial charge in [-0.2, -0.15) is 4.31 Å². The van der Waals surface area contributed by atoms with Crippen LogP contribution in [0.3, 0.4) is 0 Å². The van der Waals surface area contributed by atoms with Gasteiger partial charge in [0.2, 0.25) is 10.0 Å². The maximum Gasteiger partial charge on any atom is 0.245 e. The molecular weight excluding hydrogens is 264 g/mol. The smallest absolute Gasteiger partial charge is 0.245 e. The van der Waals surface area contributed by atoms with E-state index in [1.807, 2.05) is 0 Å². The van der Waals surface area contributed by atoms with Gasteiger partial charge in [-0.05, 0) is 25.0 Å². The number of nitrogens with two attached hydrogens (primary N) is 1. The summed E-state index contributed by atoms with van der Waals surface area (Å²) in [4.78, 5) is 7.29. The first-order chi connectivity index (χ1) is 9.09. The minimum atomic E-state index is -3.50. The molecule has 7 heteroatoms. The number of H-pyrrole nitrogens is 1. The Kier molecular flexibility index (Phi) is 3.04. The van der Waals surface area contributed by atoms with Crippen molar-refractivity contribution in [3.8, 4) is 0 Å². The Morgan fingerprint density at radius 2 is 2.32 bits per heavy atom. The normalized spacial score (nSPS) is 21.8. The summed E-state index contributed by atoms with van der Waals surface area (Å²) < 4.78 is 26.7. The summed E-state index contributed by atoms with van der Waals surface area (Å²) in [7, 11) is -3.50. The van der Waals surface area contributed by atoms with Crippen molar-refractivity contribution in [2.45, 2.75) is 23.8 Å². The highest BCUT2D eigenvalue weighted by Crippen LogP contribution is 2.26. The van der Waals surface area contributed by atoms with Crippen LogP contribution in [0, 0.1) is 0 Å². The molecule has 19 heavy (non-hydrogen) atoms. The second-order valence-corrected chi connectivity index (χ2v) is 6.72.